The number of aromatic nitrogens is 3. The third-order valence-electron chi connectivity index (χ3n) is 2.92. The first kappa shape index (κ1) is 14.2. The summed E-state index contributed by atoms with van der Waals surface area (Å²) in [5, 5.41) is 26.6. The van der Waals surface area contributed by atoms with Gasteiger partial charge in [-0.2, -0.15) is 0 Å². The van der Waals surface area contributed by atoms with Gasteiger partial charge in [0.1, 0.15) is 5.69 Å². The van der Waals surface area contributed by atoms with E-state index in [2.05, 4.69) is 10.3 Å². The lowest BCUT2D eigenvalue weighted by atomic mass is 10.1. The van der Waals surface area contributed by atoms with Crippen LogP contribution >= 0.6 is 0 Å². The number of rotatable bonds is 5. The van der Waals surface area contributed by atoms with Crippen LogP contribution in [0.3, 0.4) is 0 Å². The van der Waals surface area contributed by atoms with Crippen molar-refractivity contribution >= 4 is 5.97 Å². The highest BCUT2D eigenvalue weighted by molar-refractivity contribution is 5.92. The van der Waals surface area contributed by atoms with Gasteiger partial charge in [0.05, 0.1) is 5.60 Å². The molecular formula is C14H17N3O3. The van der Waals surface area contributed by atoms with Crippen molar-refractivity contribution in [3.8, 4) is 11.3 Å². The molecule has 0 saturated carbocycles. The summed E-state index contributed by atoms with van der Waals surface area (Å²) in [7, 11) is 0. The molecule has 0 atom stereocenters. The molecule has 2 aromatic rings. The van der Waals surface area contributed by atoms with Crippen LogP contribution in [0.2, 0.25) is 0 Å². The van der Waals surface area contributed by atoms with Gasteiger partial charge in [-0.05, 0) is 20.3 Å². The summed E-state index contributed by atoms with van der Waals surface area (Å²) >= 11 is 0. The summed E-state index contributed by atoms with van der Waals surface area (Å²) in [4.78, 5) is 11.2. The number of hydrogen-bond donors (Lipinski definition) is 2. The number of carbonyl (C=O) groups is 1. The highest BCUT2D eigenvalue weighted by Crippen LogP contribution is 2.23. The molecular weight excluding hydrogens is 258 g/mol. The Morgan fingerprint density at radius 2 is 1.95 bits per heavy atom. The molecule has 0 aliphatic heterocycles. The Morgan fingerprint density at radius 1 is 1.30 bits per heavy atom. The predicted octanol–water partition coefficient (Wildman–Crippen LogP) is 1.80. The Labute approximate surface area is 116 Å². The summed E-state index contributed by atoms with van der Waals surface area (Å²) in [5.74, 6) is -1.11. The van der Waals surface area contributed by atoms with Gasteiger partial charge < -0.3 is 10.2 Å². The molecule has 1 aromatic carbocycles. The molecule has 6 nitrogen and oxygen atoms in total. The molecule has 1 heterocycles. The van der Waals surface area contributed by atoms with Gasteiger partial charge in [-0.25, -0.2) is 9.48 Å². The number of carboxylic acid groups (broad SMARTS) is 1. The zero-order chi connectivity index (χ0) is 14.8. The maximum absolute atomic E-state index is 11.2. The number of hydrogen-bond acceptors (Lipinski definition) is 4. The Bertz CT molecular complexity index is 600. The molecule has 0 bridgehead atoms. The Balaban J connectivity index is 2.41. The molecule has 2 N–H and O–H groups in total. The molecule has 0 spiro atoms. The molecule has 1 aromatic heterocycles. The summed E-state index contributed by atoms with van der Waals surface area (Å²) in [6.07, 6.45) is 0.454. The fourth-order valence-electron chi connectivity index (χ4n) is 1.87. The van der Waals surface area contributed by atoms with Gasteiger partial charge in [-0.1, -0.05) is 35.5 Å². The molecule has 2 rings (SSSR count). The highest BCUT2D eigenvalue weighted by atomic mass is 16.4. The van der Waals surface area contributed by atoms with E-state index in [0.29, 0.717) is 18.7 Å². The zero-order valence-electron chi connectivity index (χ0n) is 11.4. The molecule has 0 aliphatic rings. The van der Waals surface area contributed by atoms with Crippen molar-refractivity contribution in [3.05, 3.63) is 36.0 Å². The molecule has 0 saturated heterocycles. The van der Waals surface area contributed by atoms with E-state index in [1.165, 1.54) is 4.68 Å². The first-order valence-electron chi connectivity index (χ1n) is 6.33. The van der Waals surface area contributed by atoms with E-state index in [-0.39, 0.29) is 5.69 Å². The van der Waals surface area contributed by atoms with Crippen LogP contribution in [0.15, 0.2) is 30.3 Å². The van der Waals surface area contributed by atoms with Crippen molar-refractivity contribution in [2.45, 2.75) is 32.4 Å². The molecule has 0 amide bonds. The molecule has 106 valence electrons. The lowest BCUT2D eigenvalue weighted by Gasteiger charge is -2.17. The minimum atomic E-state index is -1.11. The Morgan fingerprint density at radius 3 is 2.50 bits per heavy atom. The van der Waals surface area contributed by atoms with Crippen LogP contribution in [-0.4, -0.2) is 36.8 Å². The van der Waals surface area contributed by atoms with E-state index in [4.69, 9.17) is 0 Å². The SMILES string of the molecule is CC(C)(O)CCn1nnc(C(=O)O)c1-c1ccccc1. The molecule has 6 heteroatoms. The first-order valence-corrected chi connectivity index (χ1v) is 6.33. The van der Waals surface area contributed by atoms with Crippen LogP contribution in [0.1, 0.15) is 30.8 Å². The molecule has 20 heavy (non-hydrogen) atoms. The molecule has 0 fully saturated rings. The van der Waals surface area contributed by atoms with Crippen LogP contribution in [-0.2, 0) is 6.54 Å². The Kier molecular flexibility index (Phi) is 3.85. The summed E-state index contributed by atoms with van der Waals surface area (Å²) in [6.45, 7) is 3.79. The van der Waals surface area contributed by atoms with Gasteiger partial charge >= 0.3 is 5.97 Å². The quantitative estimate of drug-likeness (QED) is 0.868. The van der Waals surface area contributed by atoms with E-state index in [1.54, 1.807) is 13.8 Å². The summed E-state index contributed by atoms with van der Waals surface area (Å²) in [5.41, 5.74) is 0.281. The lowest BCUT2D eigenvalue weighted by Crippen LogP contribution is -2.21. The van der Waals surface area contributed by atoms with E-state index >= 15 is 0 Å². The number of nitrogens with zero attached hydrogens (tertiary/aromatic N) is 3. The maximum Gasteiger partial charge on any atom is 0.358 e. The largest absolute Gasteiger partial charge is 0.476 e. The third-order valence-corrected chi connectivity index (χ3v) is 2.92. The maximum atomic E-state index is 11.2. The molecule has 0 radical (unpaired) electrons. The van der Waals surface area contributed by atoms with Gasteiger partial charge in [0, 0.05) is 12.1 Å². The standard InChI is InChI=1S/C14H17N3O3/c1-14(2,20)8-9-17-12(10-6-4-3-5-7-10)11(13(18)19)15-16-17/h3-7,20H,8-9H2,1-2H3,(H,18,19). The van der Waals surface area contributed by atoms with Crippen molar-refractivity contribution in [2.75, 3.05) is 0 Å². The average molecular weight is 275 g/mol. The van der Waals surface area contributed by atoms with Gasteiger partial charge in [-0.15, -0.1) is 5.10 Å². The van der Waals surface area contributed by atoms with Gasteiger partial charge in [0.25, 0.3) is 0 Å². The number of aromatic carboxylic acids is 1. The smallest absolute Gasteiger partial charge is 0.358 e. The number of benzene rings is 1. The number of aliphatic hydroxyl groups is 1. The van der Waals surface area contributed by atoms with Crippen molar-refractivity contribution in [1.29, 1.82) is 0 Å². The second kappa shape index (κ2) is 5.42. The van der Waals surface area contributed by atoms with E-state index < -0.39 is 11.6 Å². The van der Waals surface area contributed by atoms with Crippen molar-refractivity contribution in [2.24, 2.45) is 0 Å². The highest BCUT2D eigenvalue weighted by Gasteiger charge is 2.22. The van der Waals surface area contributed by atoms with Crippen LogP contribution in [0.5, 0.6) is 0 Å². The minimum absolute atomic E-state index is 0.0769. The van der Waals surface area contributed by atoms with Crippen molar-refractivity contribution < 1.29 is 15.0 Å². The van der Waals surface area contributed by atoms with Gasteiger partial charge in [0.15, 0.2) is 5.69 Å². The molecule has 0 aliphatic carbocycles. The topological polar surface area (TPSA) is 88.2 Å². The fourth-order valence-corrected chi connectivity index (χ4v) is 1.87. The minimum Gasteiger partial charge on any atom is -0.476 e. The van der Waals surface area contributed by atoms with Crippen LogP contribution in [0, 0.1) is 0 Å². The second-order valence-corrected chi connectivity index (χ2v) is 5.24. The zero-order valence-corrected chi connectivity index (χ0v) is 11.4. The van der Waals surface area contributed by atoms with E-state index in [0.717, 1.165) is 5.56 Å². The van der Waals surface area contributed by atoms with E-state index in [9.17, 15) is 15.0 Å². The van der Waals surface area contributed by atoms with Crippen molar-refractivity contribution in [3.63, 3.8) is 0 Å². The van der Waals surface area contributed by atoms with Crippen LogP contribution < -0.4 is 0 Å². The van der Waals surface area contributed by atoms with Crippen LogP contribution in [0.25, 0.3) is 11.3 Å². The molecule has 0 unspecified atom stereocenters. The van der Waals surface area contributed by atoms with Crippen molar-refractivity contribution in [1.82, 2.24) is 15.0 Å². The lowest BCUT2D eigenvalue weighted by molar-refractivity contribution is 0.0650. The summed E-state index contributed by atoms with van der Waals surface area (Å²) < 4.78 is 1.52. The predicted molar refractivity (Wildman–Crippen MR) is 73.3 cm³/mol. The second-order valence-electron chi connectivity index (χ2n) is 5.24. The van der Waals surface area contributed by atoms with Gasteiger partial charge in [-0.3, -0.25) is 0 Å². The fraction of sp³-hybridized carbons (Fsp3) is 0.357. The summed E-state index contributed by atoms with van der Waals surface area (Å²) in [6, 6.07) is 9.13. The third kappa shape index (κ3) is 3.21. The first-order chi connectivity index (χ1) is 9.38. The monoisotopic (exact) mass is 275 g/mol. The van der Waals surface area contributed by atoms with E-state index in [1.807, 2.05) is 30.3 Å². The average Bonchev–Trinajstić information content (AvgIpc) is 2.80. The Hall–Kier alpha value is -2.21. The van der Waals surface area contributed by atoms with Crippen LogP contribution in [0.4, 0.5) is 0 Å². The van der Waals surface area contributed by atoms with Gasteiger partial charge in [0.2, 0.25) is 0 Å². The number of aryl methyl sites for hydroxylation is 1. The normalized spacial score (nSPS) is 11.6. The number of carboxylic acids is 1.